The molecular weight excluding hydrogens is 318 g/mol. The van der Waals surface area contributed by atoms with Gasteiger partial charge in [-0.3, -0.25) is 9.59 Å². The summed E-state index contributed by atoms with van der Waals surface area (Å²) >= 11 is 0. The molecule has 0 saturated carbocycles. The monoisotopic (exact) mass is 345 g/mol. The highest BCUT2D eigenvalue weighted by Crippen LogP contribution is 2.36. The minimum absolute atomic E-state index is 0.121. The molecule has 2 saturated heterocycles. The van der Waals surface area contributed by atoms with Crippen molar-refractivity contribution in [3.63, 3.8) is 0 Å². The van der Waals surface area contributed by atoms with Gasteiger partial charge in [0.1, 0.15) is 0 Å². The molecule has 2 heterocycles. The van der Waals surface area contributed by atoms with Crippen LogP contribution in [-0.4, -0.2) is 47.2 Å². The van der Waals surface area contributed by atoms with Gasteiger partial charge in [0.25, 0.3) is 0 Å². The first-order valence-corrected chi connectivity index (χ1v) is 9.23. The van der Waals surface area contributed by atoms with Crippen LogP contribution in [-0.2, 0) is 19.7 Å². The van der Waals surface area contributed by atoms with Crippen molar-refractivity contribution in [3.8, 4) is 0 Å². The molecule has 1 aromatic carbocycles. The number of likely N-dealkylation sites (tertiary alicyclic amines) is 1. The lowest BCUT2D eigenvalue weighted by Crippen LogP contribution is -2.49. The summed E-state index contributed by atoms with van der Waals surface area (Å²) in [7, 11) is 0. The Morgan fingerprint density at radius 3 is 2.44 bits per heavy atom. The van der Waals surface area contributed by atoms with Gasteiger partial charge in [-0.15, -0.1) is 0 Å². The summed E-state index contributed by atoms with van der Waals surface area (Å²) in [4.78, 5) is 26.3. The predicted octanol–water partition coefficient (Wildman–Crippen LogP) is 2.98. The molecule has 0 aromatic heterocycles. The third-order valence-corrected chi connectivity index (χ3v) is 5.71. The largest absolute Gasteiger partial charge is 0.481 e. The van der Waals surface area contributed by atoms with E-state index in [1.165, 1.54) is 0 Å². The Labute approximate surface area is 149 Å². The van der Waals surface area contributed by atoms with Gasteiger partial charge >= 0.3 is 5.97 Å². The van der Waals surface area contributed by atoms with E-state index < -0.39 is 11.4 Å². The second kappa shape index (κ2) is 7.56. The fourth-order valence-corrected chi connectivity index (χ4v) is 4.06. The van der Waals surface area contributed by atoms with Crippen LogP contribution in [0.4, 0.5) is 0 Å². The molecule has 0 unspecified atom stereocenters. The van der Waals surface area contributed by atoms with Gasteiger partial charge in [-0.2, -0.15) is 0 Å². The molecule has 2 aliphatic rings. The van der Waals surface area contributed by atoms with E-state index >= 15 is 0 Å². The lowest BCUT2D eigenvalue weighted by Gasteiger charge is -2.39. The number of ether oxygens (including phenoxy) is 1. The van der Waals surface area contributed by atoms with Crippen LogP contribution in [0.1, 0.15) is 51.0 Å². The molecule has 5 heteroatoms. The second-order valence-electron chi connectivity index (χ2n) is 7.32. The summed E-state index contributed by atoms with van der Waals surface area (Å²) in [6.07, 6.45) is 4.80. The van der Waals surface area contributed by atoms with Gasteiger partial charge in [-0.05, 0) is 44.6 Å². The van der Waals surface area contributed by atoms with E-state index in [0.29, 0.717) is 38.5 Å². The van der Waals surface area contributed by atoms with Gasteiger partial charge in [0, 0.05) is 19.5 Å². The quantitative estimate of drug-likeness (QED) is 0.891. The number of carboxylic acids is 1. The molecule has 0 spiro atoms. The first-order valence-electron chi connectivity index (χ1n) is 9.23. The molecule has 136 valence electrons. The van der Waals surface area contributed by atoms with Crippen molar-refractivity contribution < 1.29 is 19.4 Å². The molecule has 2 atom stereocenters. The van der Waals surface area contributed by atoms with Crippen LogP contribution in [0.5, 0.6) is 0 Å². The molecule has 0 bridgehead atoms. The molecule has 2 aliphatic heterocycles. The van der Waals surface area contributed by atoms with E-state index in [-0.39, 0.29) is 12.0 Å². The van der Waals surface area contributed by atoms with E-state index in [4.69, 9.17) is 4.74 Å². The number of amides is 1. The third kappa shape index (κ3) is 3.87. The van der Waals surface area contributed by atoms with Crippen molar-refractivity contribution in [3.05, 3.63) is 35.9 Å². The Balaban J connectivity index is 1.56. The minimum atomic E-state index is -0.873. The predicted molar refractivity (Wildman–Crippen MR) is 94.4 cm³/mol. The zero-order chi connectivity index (χ0) is 17.9. The average molecular weight is 345 g/mol. The molecule has 0 radical (unpaired) electrons. The van der Waals surface area contributed by atoms with Crippen LogP contribution >= 0.6 is 0 Å². The summed E-state index contributed by atoms with van der Waals surface area (Å²) in [6.45, 7) is 3.07. The Morgan fingerprint density at radius 1 is 1.20 bits per heavy atom. The number of aliphatic carboxylic acids is 1. The van der Waals surface area contributed by atoms with Crippen LogP contribution in [0, 0.1) is 0 Å². The smallest absolute Gasteiger partial charge is 0.314 e. The number of hydrogen-bond acceptors (Lipinski definition) is 3. The van der Waals surface area contributed by atoms with Crippen molar-refractivity contribution in [2.45, 2.75) is 63.1 Å². The molecular formula is C20H27NO4. The lowest BCUT2D eigenvalue weighted by atomic mass is 9.73. The molecule has 25 heavy (non-hydrogen) atoms. The lowest BCUT2D eigenvalue weighted by molar-refractivity contribution is -0.148. The summed E-state index contributed by atoms with van der Waals surface area (Å²) in [5, 5.41) is 9.82. The van der Waals surface area contributed by atoms with Crippen molar-refractivity contribution in [2.24, 2.45) is 0 Å². The number of nitrogens with zero attached hydrogens (tertiary/aromatic N) is 1. The molecule has 1 aromatic rings. The summed E-state index contributed by atoms with van der Waals surface area (Å²) in [6, 6.07) is 9.40. The van der Waals surface area contributed by atoms with Crippen molar-refractivity contribution in [1.29, 1.82) is 0 Å². The molecule has 2 fully saturated rings. The van der Waals surface area contributed by atoms with Gasteiger partial charge in [-0.1, -0.05) is 30.3 Å². The topological polar surface area (TPSA) is 66.8 Å². The number of benzene rings is 1. The SMILES string of the molecule is C[C@@H]1CC[C@@H](CCC(=O)N2CCC(C(=O)O)(c3ccccc3)CC2)O1. The standard InChI is InChI=1S/C20H27NO4/c1-15-7-8-17(25-15)9-10-18(22)21-13-11-20(12-14-21,19(23)24)16-5-3-2-4-6-16/h2-6,15,17H,7-14H2,1H3,(H,23,24)/t15-,17+/m1/s1. The van der Waals surface area contributed by atoms with Crippen LogP contribution in [0.2, 0.25) is 0 Å². The number of carbonyl (C=O) groups excluding carboxylic acids is 1. The number of carbonyl (C=O) groups is 2. The van der Waals surface area contributed by atoms with Gasteiger partial charge in [0.15, 0.2) is 0 Å². The first kappa shape index (κ1) is 17.9. The van der Waals surface area contributed by atoms with Gasteiger partial charge < -0.3 is 14.7 Å². The zero-order valence-corrected chi connectivity index (χ0v) is 14.8. The van der Waals surface area contributed by atoms with Crippen molar-refractivity contribution in [1.82, 2.24) is 4.90 Å². The van der Waals surface area contributed by atoms with Crippen molar-refractivity contribution in [2.75, 3.05) is 13.1 Å². The maximum Gasteiger partial charge on any atom is 0.314 e. The number of carboxylic acid groups (broad SMARTS) is 1. The van der Waals surface area contributed by atoms with Crippen molar-refractivity contribution >= 4 is 11.9 Å². The summed E-state index contributed by atoms with van der Waals surface area (Å²) in [5.74, 6) is -0.672. The Morgan fingerprint density at radius 2 is 1.88 bits per heavy atom. The van der Waals surface area contributed by atoms with Crippen LogP contribution < -0.4 is 0 Å². The minimum Gasteiger partial charge on any atom is -0.481 e. The maximum atomic E-state index is 12.5. The van der Waals surface area contributed by atoms with E-state index in [2.05, 4.69) is 6.92 Å². The highest BCUT2D eigenvalue weighted by molar-refractivity contribution is 5.82. The first-order chi connectivity index (χ1) is 12.0. The summed E-state index contributed by atoms with van der Waals surface area (Å²) < 4.78 is 5.77. The highest BCUT2D eigenvalue weighted by atomic mass is 16.5. The number of rotatable bonds is 5. The number of hydrogen-bond donors (Lipinski definition) is 1. The Bertz CT molecular complexity index is 607. The van der Waals surface area contributed by atoms with Crippen LogP contribution in [0.25, 0.3) is 0 Å². The zero-order valence-electron chi connectivity index (χ0n) is 14.8. The number of piperidine rings is 1. The fourth-order valence-electron chi connectivity index (χ4n) is 4.06. The summed E-state index contributed by atoms with van der Waals surface area (Å²) in [5.41, 5.74) is -0.0369. The van der Waals surface area contributed by atoms with E-state index in [1.807, 2.05) is 35.2 Å². The van der Waals surface area contributed by atoms with Gasteiger partial charge in [0.2, 0.25) is 5.91 Å². The molecule has 5 nitrogen and oxygen atoms in total. The van der Waals surface area contributed by atoms with Crippen LogP contribution in [0.15, 0.2) is 30.3 Å². The van der Waals surface area contributed by atoms with E-state index in [1.54, 1.807) is 0 Å². The van der Waals surface area contributed by atoms with Gasteiger partial charge in [0.05, 0.1) is 17.6 Å². The maximum absolute atomic E-state index is 12.5. The molecule has 3 rings (SSSR count). The normalized spacial score (nSPS) is 25.7. The van der Waals surface area contributed by atoms with E-state index in [9.17, 15) is 14.7 Å². The van der Waals surface area contributed by atoms with Gasteiger partial charge in [-0.25, -0.2) is 0 Å². The molecule has 1 amide bonds. The Hall–Kier alpha value is -1.88. The fraction of sp³-hybridized carbons (Fsp3) is 0.600. The van der Waals surface area contributed by atoms with Crippen LogP contribution in [0.3, 0.4) is 0 Å². The van der Waals surface area contributed by atoms with E-state index in [0.717, 1.165) is 24.8 Å². The Kier molecular flexibility index (Phi) is 5.42. The second-order valence-corrected chi connectivity index (χ2v) is 7.32. The highest BCUT2D eigenvalue weighted by Gasteiger charge is 2.43. The average Bonchev–Trinajstić information content (AvgIpc) is 3.05. The molecule has 0 aliphatic carbocycles. The molecule has 1 N–H and O–H groups in total. The third-order valence-electron chi connectivity index (χ3n) is 5.71.